The second-order valence-electron chi connectivity index (χ2n) is 4.05. The molecule has 2 aromatic heterocycles. The van der Waals surface area contributed by atoms with Gasteiger partial charge in [-0.05, 0) is 18.2 Å². The molecule has 0 unspecified atom stereocenters. The van der Waals surface area contributed by atoms with Gasteiger partial charge in [-0.2, -0.15) is 0 Å². The normalized spacial score (nSPS) is 10.3. The maximum Gasteiger partial charge on any atom is 0.169 e. The van der Waals surface area contributed by atoms with Crippen LogP contribution >= 0.6 is 11.6 Å². The van der Waals surface area contributed by atoms with Crippen LogP contribution in [0.5, 0.6) is 0 Å². The number of fused-ring (bicyclic) bond motifs is 1. The van der Waals surface area contributed by atoms with E-state index in [9.17, 15) is 0 Å². The topological polar surface area (TPSA) is 17.0 Å². The summed E-state index contributed by atoms with van der Waals surface area (Å²) in [7, 11) is 1.99. The third-order valence-corrected chi connectivity index (χ3v) is 2.98. The van der Waals surface area contributed by atoms with E-state index in [-0.39, 0.29) is 24.0 Å². The van der Waals surface area contributed by atoms with Gasteiger partial charge >= 0.3 is 0 Å². The number of rotatable bonds is 1. The SMILES string of the molecule is C[n+]1ccc(-c2cc3ccc(Cl)cc3o2)cc1.[I-]. The highest BCUT2D eigenvalue weighted by atomic mass is 127. The maximum atomic E-state index is 5.93. The van der Waals surface area contributed by atoms with Gasteiger partial charge in [0.15, 0.2) is 12.4 Å². The summed E-state index contributed by atoms with van der Waals surface area (Å²) in [6.45, 7) is 0. The summed E-state index contributed by atoms with van der Waals surface area (Å²) < 4.78 is 7.77. The van der Waals surface area contributed by atoms with Crippen molar-refractivity contribution in [3.63, 3.8) is 0 Å². The van der Waals surface area contributed by atoms with Gasteiger partial charge in [0, 0.05) is 34.2 Å². The maximum absolute atomic E-state index is 5.93. The van der Waals surface area contributed by atoms with Crippen LogP contribution in [0.25, 0.3) is 22.3 Å². The zero-order valence-electron chi connectivity index (χ0n) is 9.73. The molecule has 0 aliphatic rings. The van der Waals surface area contributed by atoms with Crippen LogP contribution in [-0.4, -0.2) is 0 Å². The molecule has 3 aromatic rings. The van der Waals surface area contributed by atoms with E-state index >= 15 is 0 Å². The minimum absolute atomic E-state index is 0. The van der Waals surface area contributed by atoms with Crippen molar-refractivity contribution in [3.8, 4) is 11.3 Å². The Morgan fingerprint density at radius 1 is 1.06 bits per heavy atom. The third-order valence-electron chi connectivity index (χ3n) is 2.75. The van der Waals surface area contributed by atoms with Gasteiger partial charge in [0.1, 0.15) is 18.4 Å². The molecule has 0 N–H and O–H groups in total. The Balaban J connectivity index is 0.00000120. The summed E-state index contributed by atoms with van der Waals surface area (Å²) in [4.78, 5) is 0. The number of aryl methyl sites for hydroxylation is 1. The van der Waals surface area contributed by atoms with Gasteiger partial charge < -0.3 is 28.4 Å². The van der Waals surface area contributed by atoms with Gasteiger partial charge in [0.2, 0.25) is 0 Å². The molecule has 0 aliphatic heterocycles. The van der Waals surface area contributed by atoms with Crippen molar-refractivity contribution in [2.45, 2.75) is 0 Å². The summed E-state index contributed by atoms with van der Waals surface area (Å²) >= 11 is 5.93. The fraction of sp³-hybridized carbons (Fsp3) is 0.0714. The number of benzene rings is 1. The van der Waals surface area contributed by atoms with Gasteiger partial charge in [-0.1, -0.05) is 11.6 Å². The molecule has 0 fully saturated rings. The Morgan fingerprint density at radius 3 is 2.50 bits per heavy atom. The van der Waals surface area contributed by atoms with Crippen molar-refractivity contribution in [3.05, 3.63) is 53.8 Å². The molecule has 0 amide bonds. The van der Waals surface area contributed by atoms with E-state index in [2.05, 4.69) is 0 Å². The van der Waals surface area contributed by atoms with E-state index in [0.29, 0.717) is 5.02 Å². The summed E-state index contributed by atoms with van der Waals surface area (Å²) in [6, 6.07) is 11.8. The van der Waals surface area contributed by atoms with E-state index in [1.165, 1.54) is 0 Å². The molecule has 0 radical (unpaired) electrons. The van der Waals surface area contributed by atoms with Crippen molar-refractivity contribution in [1.29, 1.82) is 0 Å². The standard InChI is InChI=1S/C14H11ClNO.HI/c1-16-6-4-10(5-7-16)13-8-11-2-3-12(15)9-14(11)17-13;/h2-9H,1H3;1H/q+1;/p-1. The molecule has 3 rings (SSSR count). The Labute approximate surface area is 127 Å². The van der Waals surface area contributed by atoms with Crippen LogP contribution in [0.15, 0.2) is 53.2 Å². The Kier molecular flexibility index (Phi) is 3.92. The smallest absolute Gasteiger partial charge is 0.169 e. The van der Waals surface area contributed by atoms with Crippen molar-refractivity contribution in [2.75, 3.05) is 0 Å². The molecule has 2 nitrogen and oxygen atoms in total. The monoisotopic (exact) mass is 371 g/mol. The first-order chi connectivity index (χ1) is 8.22. The lowest BCUT2D eigenvalue weighted by Gasteiger charge is -1.93. The van der Waals surface area contributed by atoms with Gasteiger partial charge in [0.25, 0.3) is 0 Å². The number of halogens is 2. The van der Waals surface area contributed by atoms with Crippen molar-refractivity contribution in [2.24, 2.45) is 7.05 Å². The Morgan fingerprint density at radius 2 is 1.78 bits per heavy atom. The second-order valence-corrected chi connectivity index (χ2v) is 4.48. The lowest BCUT2D eigenvalue weighted by Crippen LogP contribution is -3.00. The molecule has 0 bridgehead atoms. The minimum Gasteiger partial charge on any atom is -1.00 e. The molecular formula is C14H11ClINO. The van der Waals surface area contributed by atoms with Crippen LogP contribution in [0.2, 0.25) is 5.02 Å². The minimum atomic E-state index is 0. The van der Waals surface area contributed by atoms with E-state index in [0.717, 1.165) is 22.3 Å². The lowest BCUT2D eigenvalue weighted by molar-refractivity contribution is -0.671. The number of furan rings is 1. The highest BCUT2D eigenvalue weighted by Crippen LogP contribution is 2.28. The number of aromatic nitrogens is 1. The summed E-state index contributed by atoms with van der Waals surface area (Å²) in [5.41, 5.74) is 1.89. The van der Waals surface area contributed by atoms with Crippen LogP contribution in [0.4, 0.5) is 0 Å². The van der Waals surface area contributed by atoms with E-state index in [4.69, 9.17) is 16.0 Å². The first-order valence-electron chi connectivity index (χ1n) is 5.37. The summed E-state index contributed by atoms with van der Waals surface area (Å²) in [5.74, 6) is 0.864. The van der Waals surface area contributed by atoms with Crippen molar-refractivity contribution < 1.29 is 33.0 Å². The van der Waals surface area contributed by atoms with E-state index < -0.39 is 0 Å². The summed E-state index contributed by atoms with van der Waals surface area (Å²) in [5, 5.41) is 1.76. The van der Waals surface area contributed by atoms with Gasteiger partial charge in [-0.15, -0.1) is 0 Å². The predicted octanol–water partition coefficient (Wildman–Crippen LogP) is 0.582. The molecule has 18 heavy (non-hydrogen) atoms. The second kappa shape index (κ2) is 5.28. The average Bonchev–Trinajstić information content (AvgIpc) is 2.72. The first kappa shape index (κ1) is 13.4. The van der Waals surface area contributed by atoms with Crippen LogP contribution in [-0.2, 0) is 7.05 Å². The molecule has 4 heteroatoms. The number of pyridine rings is 1. The van der Waals surface area contributed by atoms with Crippen LogP contribution in [0.1, 0.15) is 0 Å². The largest absolute Gasteiger partial charge is 1.00 e. The predicted molar refractivity (Wildman–Crippen MR) is 67.8 cm³/mol. The third kappa shape index (κ3) is 2.52. The molecule has 0 spiro atoms. The van der Waals surface area contributed by atoms with Crippen LogP contribution < -0.4 is 28.5 Å². The zero-order valence-corrected chi connectivity index (χ0v) is 12.6. The molecule has 0 saturated heterocycles. The van der Waals surface area contributed by atoms with Gasteiger partial charge in [-0.25, -0.2) is 4.57 Å². The molecule has 2 heterocycles. The van der Waals surface area contributed by atoms with Crippen molar-refractivity contribution in [1.82, 2.24) is 0 Å². The quantitative estimate of drug-likeness (QED) is 0.452. The van der Waals surface area contributed by atoms with E-state index in [1.807, 2.05) is 60.4 Å². The highest BCUT2D eigenvalue weighted by Gasteiger charge is 2.07. The molecule has 92 valence electrons. The molecule has 0 aliphatic carbocycles. The van der Waals surface area contributed by atoms with Crippen LogP contribution in [0.3, 0.4) is 0 Å². The first-order valence-corrected chi connectivity index (χ1v) is 5.75. The highest BCUT2D eigenvalue weighted by molar-refractivity contribution is 6.31. The lowest BCUT2D eigenvalue weighted by atomic mass is 10.2. The number of hydrogen-bond donors (Lipinski definition) is 0. The number of nitrogens with zero attached hydrogens (tertiary/aromatic N) is 1. The van der Waals surface area contributed by atoms with Gasteiger partial charge in [-0.3, -0.25) is 0 Å². The average molecular weight is 372 g/mol. The molecule has 0 atom stereocenters. The van der Waals surface area contributed by atoms with Crippen molar-refractivity contribution >= 4 is 22.6 Å². The summed E-state index contributed by atoms with van der Waals surface area (Å²) in [6.07, 6.45) is 3.99. The fourth-order valence-corrected chi connectivity index (χ4v) is 1.97. The zero-order chi connectivity index (χ0) is 11.8. The molecule has 0 saturated carbocycles. The Bertz CT molecular complexity index is 676. The van der Waals surface area contributed by atoms with Crippen LogP contribution in [0, 0.1) is 0 Å². The Hall–Kier alpha value is -1.07. The fourth-order valence-electron chi connectivity index (χ4n) is 1.81. The molecule has 1 aromatic carbocycles. The number of hydrogen-bond acceptors (Lipinski definition) is 1. The van der Waals surface area contributed by atoms with Gasteiger partial charge in [0.05, 0.1) is 0 Å². The van der Waals surface area contributed by atoms with E-state index in [1.54, 1.807) is 0 Å². The molecular weight excluding hydrogens is 361 g/mol.